The van der Waals surface area contributed by atoms with Crippen LogP contribution in [0.1, 0.15) is 30.4 Å². The predicted octanol–water partition coefficient (Wildman–Crippen LogP) is 4.04. The van der Waals surface area contributed by atoms with Gasteiger partial charge in [-0.15, -0.1) is 0 Å². The van der Waals surface area contributed by atoms with Gasteiger partial charge in [-0.2, -0.15) is 0 Å². The van der Waals surface area contributed by atoms with Crippen molar-refractivity contribution in [3.63, 3.8) is 0 Å². The van der Waals surface area contributed by atoms with Gasteiger partial charge in [0.1, 0.15) is 0 Å². The number of benzene rings is 2. The number of carbonyl (C=O) groups excluding carboxylic acids is 1. The monoisotopic (exact) mass is 444 g/mol. The van der Waals surface area contributed by atoms with Crippen LogP contribution in [0.3, 0.4) is 0 Å². The van der Waals surface area contributed by atoms with E-state index in [1.807, 2.05) is 23.1 Å². The summed E-state index contributed by atoms with van der Waals surface area (Å²) in [6, 6.07) is 9.91. The second-order valence-electron chi connectivity index (χ2n) is 8.71. The Balaban J connectivity index is 1.44. The maximum Gasteiger partial charge on any atom is 0.227 e. The first-order valence-electron chi connectivity index (χ1n) is 11.1. The van der Waals surface area contributed by atoms with E-state index in [0.717, 1.165) is 43.5 Å². The van der Waals surface area contributed by atoms with Gasteiger partial charge >= 0.3 is 0 Å². The molecule has 2 aliphatic rings. The molecular weight excluding hydrogens is 414 g/mol. The molecule has 2 aromatic carbocycles. The minimum atomic E-state index is -0.824. The Labute approximate surface area is 187 Å². The molecular formula is C25H30F2N2O3. The third kappa shape index (κ3) is 4.88. The summed E-state index contributed by atoms with van der Waals surface area (Å²) in [6.07, 6.45) is 3.59. The number of likely N-dealkylation sites (tertiary alicyclic amines) is 2. The smallest absolute Gasteiger partial charge is 0.227 e. The van der Waals surface area contributed by atoms with E-state index in [4.69, 9.17) is 9.47 Å². The predicted molar refractivity (Wildman–Crippen MR) is 118 cm³/mol. The van der Waals surface area contributed by atoms with Gasteiger partial charge in [0.05, 0.1) is 20.6 Å². The first kappa shape index (κ1) is 22.5. The Hall–Kier alpha value is -2.67. The molecule has 7 heteroatoms. The quantitative estimate of drug-likeness (QED) is 0.675. The van der Waals surface area contributed by atoms with Crippen LogP contribution in [0.4, 0.5) is 8.78 Å². The lowest BCUT2D eigenvalue weighted by Gasteiger charge is -2.30. The maximum absolute atomic E-state index is 13.7. The summed E-state index contributed by atoms with van der Waals surface area (Å²) in [5, 5.41) is 0. The van der Waals surface area contributed by atoms with Gasteiger partial charge in [0.25, 0.3) is 0 Å². The summed E-state index contributed by atoms with van der Waals surface area (Å²) < 4.78 is 37.6. The first-order valence-corrected chi connectivity index (χ1v) is 11.1. The fourth-order valence-electron chi connectivity index (χ4n) is 4.99. The highest BCUT2D eigenvalue weighted by atomic mass is 19.2. The van der Waals surface area contributed by atoms with E-state index < -0.39 is 11.6 Å². The van der Waals surface area contributed by atoms with Crippen molar-refractivity contribution in [1.29, 1.82) is 0 Å². The number of rotatable bonds is 6. The number of carbonyl (C=O) groups is 1. The zero-order chi connectivity index (χ0) is 22.7. The molecule has 172 valence electrons. The number of fused-ring (bicyclic) bond motifs is 1. The number of nitrogens with zero attached hydrogens (tertiary/aromatic N) is 2. The Morgan fingerprint density at radius 2 is 1.75 bits per heavy atom. The van der Waals surface area contributed by atoms with Crippen molar-refractivity contribution in [2.45, 2.75) is 38.3 Å². The average molecular weight is 445 g/mol. The van der Waals surface area contributed by atoms with Crippen LogP contribution in [0.25, 0.3) is 0 Å². The number of amides is 1. The van der Waals surface area contributed by atoms with E-state index in [1.165, 1.54) is 12.1 Å². The van der Waals surface area contributed by atoms with Crippen LogP contribution in [0.2, 0.25) is 0 Å². The topological polar surface area (TPSA) is 42.0 Å². The van der Waals surface area contributed by atoms with Gasteiger partial charge < -0.3 is 14.4 Å². The molecule has 0 saturated carbocycles. The van der Waals surface area contributed by atoms with E-state index >= 15 is 0 Å². The van der Waals surface area contributed by atoms with Gasteiger partial charge in [-0.05, 0) is 60.7 Å². The highest BCUT2D eigenvalue weighted by Gasteiger charge is 2.39. The van der Waals surface area contributed by atoms with E-state index in [9.17, 15) is 13.6 Å². The summed E-state index contributed by atoms with van der Waals surface area (Å²) in [4.78, 5) is 17.4. The van der Waals surface area contributed by atoms with Crippen molar-refractivity contribution in [2.75, 3.05) is 33.9 Å². The normalized spacial score (nSPS) is 21.2. The lowest BCUT2D eigenvalue weighted by Crippen LogP contribution is -2.40. The molecule has 0 aliphatic carbocycles. The SMILES string of the molecule is COc1ccc(CC(=O)N2C[C@@H]3CCCCN(Cc4ccc(F)c(F)c4)[C@@H]3C2)cc1OC. The fourth-order valence-corrected chi connectivity index (χ4v) is 4.99. The van der Waals surface area contributed by atoms with Gasteiger partial charge in [0, 0.05) is 25.7 Å². The van der Waals surface area contributed by atoms with E-state index in [1.54, 1.807) is 20.3 Å². The molecule has 1 amide bonds. The van der Waals surface area contributed by atoms with Crippen molar-refractivity contribution < 1.29 is 23.0 Å². The van der Waals surface area contributed by atoms with Gasteiger partial charge in [-0.25, -0.2) is 8.78 Å². The number of ether oxygens (including phenoxy) is 2. The number of hydrogen-bond donors (Lipinski definition) is 0. The van der Waals surface area contributed by atoms with Gasteiger partial charge in [0.2, 0.25) is 5.91 Å². The summed E-state index contributed by atoms with van der Waals surface area (Å²) in [6.45, 7) is 2.87. The lowest BCUT2D eigenvalue weighted by atomic mass is 9.98. The van der Waals surface area contributed by atoms with E-state index in [2.05, 4.69) is 4.90 Å². The van der Waals surface area contributed by atoms with Crippen LogP contribution in [-0.4, -0.2) is 55.6 Å². The van der Waals surface area contributed by atoms with Crippen molar-refractivity contribution in [2.24, 2.45) is 5.92 Å². The standard InChI is InChI=1S/C25H30F2N2O3/c1-31-23-9-7-17(12-24(23)32-2)13-25(30)29-15-19-5-3-4-10-28(22(19)16-29)14-18-6-8-20(26)21(27)11-18/h6-9,11-12,19,22H,3-5,10,13-16H2,1-2H3/t19-,22+/m0/s1. The molecule has 0 unspecified atom stereocenters. The van der Waals surface area contributed by atoms with Crippen LogP contribution >= 0.6 is 0 Å². The number of hydrogen-bond acceptors (Lipinski definition) is 4. The minimum Gasteiger partial charge on any atom is -0.493 e. The van der Waals surface area contributed by atoms with Crippen molar-refractivity contribution in [3.8, 4) is 11.5 Å². The second-order valence-corrected chi connectivity index (χ2v) is 8.71. The van der Waals surface area contributed by atoms with E-state index in [-0.39, 0.29) is 11.9 Å². The average Bonchev–Trinajstić information content (AvgIpc) is 3.14. The summed E-state index contributed by atoms with van der Waals surface area (Å²) in [5.41, 5.74) is 1.65. The number of methoxy groups -OCH3 is 2. The van der Waals surface area contributed by atoms with Gasteiger partial charge in [-0.1, -0.05) is 18.6 Å². The molecule has 0 radical (unpaired) electrons. The van der Waals surface area contributed by atoms with Crippen LogP contribution < -0.4 is 9.47 Å². The van der Waals surface area contributed by atoms with Crippen LogP contribution in [0.15, 0.2) is 36.4 Å². The summed E-state index contributed by atoms with van der Waals surface area (Å²) >= 11 is 0. The van der Waals surface area contributed by atoms with Crippen LogP contribution in [-0.2, 0) is 17.8 Å². The molecule has 5 nitrogen and oxygen atoms in total. The van der Waals surface area contributed by atoms with E-state index in [0.29, 0.717) is 36.9 Å². The Kier molecular flexibility index (Phi) is 6.94. The molecule has 32 heavy (non-hydrogen) atoms. The molecule has 0 N–H and O–H groups in total. The molecule has 2 atom stereocenters. The molecule has 0 spiro atoms. The van der Waals surface area contributed by atoms with Crippen molar-refractivity contribution in [1.82, 2.24) is 9.80 Å². The molecule has 4 rings (SSSR count). The zero-order valence-electron chi connectivity index (χ0n) is 18.7. The summed E-state index contributed by atoms with van der Waals surface area (Å²) in [7, 11) is 3.17. The summed E-state index contributed by atoms with van der Waals surface area (Å²) in [5.74, 6) is 0.111. The Morgan fingerprint density at radius 1 is 0.969 bits per heavy atom. The zero-order valence-corrected chi connectivity index (χ0v) is 18.7. The Morgan fingerprint density at radius 3 is 2.50 bits per heavy atom. The molecule has 2 aromatic rings. The second kappa shape index (κ2) is 9.86. The lowest BCUT2D eigenvalue weighted by molar-refractivity contribution is -0.129. The highest BCUT2D eigenvalue weighted by Crippen LogP contribution is 2.32. The highest BCUT2D eigenvalue weighted by molar-refractivity contribution is 5.79. The van der Waals surface area contributed by atoms with Crippen LogP contribution in [0.5, 0.6) is 11.5 Å². The fraction of sp³-hybridized carbons (Fsp3) is 0.480. The van der Waals surface area contributed by atoms with Gasteiger partial charge in [0.15, 0.2) is 23.1 Å². The third-order valence-electron chi connectivity index (χ3n) is 6.67. The molecule has 2 fully saturated rings. The molecule has 0 aromatic heterocycles. The van der Waals surface area contributed by atoms with Crippen molar-refractivity contribution in [3.05, 3.63) is 59.2 Å². The molecule has 2 heterocycles. The minimum absolute atomic E-state index is 0.0954. The third-order valence-corrected chi connectivity index (χ3v) is 6.67. The Bertz CT molecular complexity index is 968. The molecule has 2 saturated heterocycles. The van der Waals surface area contributed by atoms with Gasteiger partial charge in [-0.3, -0.25) is 9.69 Å². The largest absolute Gasteiger partial charge is 0.493 e. The van der Waals surface area contributed by atoms with Crippen molar-refractivity contribution >= 4 is 5.91 Å². The first-order chi connectivity index (χ1) is 15.5. The maximum atomic E-state index is 13.7. The molecule has 0 bridgehead atoms. The number of halogens is 2. The van der Waals surface area contributed by atoms with Crippen LogP contribution in [0, 0.1) is 17.6 Å². The molecule has 2 aliphatic heterocycles.